The van der Waals surface area contributed by atoms with Crippen molar-refractivity contribution in [2.24, 2.45) is 0 Å². The smallest absolute Gasteiger partial charge is 0.113 e. The molecule has 0 aliphatic carbocycles. The largest absolute Gasteiger partial charge is 0.245 e. The number of aromatic nitrogens is 5. The normalized spacial score (nSPS) is 11.6. The summed E-state index contributed by atoms with van der Waals surface area (Å²) in [4.78, 5) is 11.9. The lowest BCUT2D eigenvalue weighted by Crippen LogP contribution is -1.99. The van der Waals surface area contributed by atoms with Crippen LogP contribution in [0.2, 0.25) is 0 Å². The van der Waals surface area contributed by atoms with Gasteiger partial charge in [0.25, 0.3) is 0 Å². The zero-order valence-corrected chi connectivity index (χ0v) is 20.9. The maximum absolute atomic E-state index is 5.12. The predicted octanol–water partition coefficient (Wildman–Crippen LogP) is 8.00. The maximum atomic E-state index is 5.12. The fourth-order valence-electron chi connectivity index (χ4n) is 5.20. The minimum Gasteiger partial charge on any atom is -0.245 e. The molecule has 0 spiro atoms. The Morgan fingerprint density at radius 3 is 1.67 bits per heavy atom. The lowest BCUT2D eigenvalue weighted by atomic mass is 10.0. The topological polar surface area (TPSA) is 56.5 Å². The summed E-state index contributed by atoms with van der Waals surface area (Å²) >= 11 is 0. The molecule has 0 fully saturated rings. The monoisotopic (exact) mass is 499 g/mol. The van der Waals surface area contributed by atoms with Gasteiger partial charge in [0.2, 0.25) is 0 Å². The van der Waals surface area contributed by atoms with E-state index in [0.29, 0.717) is 0 Å². The van der Waals surface area contributed by atoms with Gasteiger partial charge in [0.05, 0.1) is 28.1 Å². The standard InChI is InChI=1S/C34H21N5/c1-2-7-25-20-27(15-12-22(25)6-1)30-19-17-24-14-13-23-16-18-29(35-33(23)34(24)36-30)26-8-5-9-28(21-26)39-37-31-10-3-4-11-32(31)38-39/h1-21H. The Labute approximate surface area is 224 Å². The first-order valence-electron chi connectivity index (χ1n) is 12.9. The van der Waals surface area contributed by atoms with Crippen molar-refractivity contribution in [3.8, 4) is 28.2 Å². The van der Waals surface area contributed by atoms with Crippen molar-refractivity contribution in [3.05, 3.63) is 127 Å². The Morgan fingerprint density at radius 1 is 0.410 bits per heavy atom. The molecule has 0 N–H and O–H groups in total. The Balaban J connectivity index is 1.25. The molecule has 0 amide bonds. The third kappa shape index (κ3) is 3.71. The molecule has 0 atom stereocenters. The highest BCUT2D eigenvalue weighted by Gasteiger charge is 2.11. The van der Waals surface area contributed by atoms with Crippen LogP contribution >= 0.6 is 0 Å². The summed E-state index contributed by atoms with van der Waals surface area (Å²) in [7, 11) is 0. The van der Waals surface area contributed by atoms with Crippen LogP contribution in [-0.2, 0) is 0 Å². The molecular formula is C34H21N5. The van der Waals surface area contributed by atoms with Crippen LogP contribution in [0.4, 0.5) is 0 Å². The second-order valence-corrected chi connectivity index (χ2v) is 9.69. The third-order valence-electron chi connectivity index (χ3n) is 7.22. The van der Waals surface area contributed by atoms with E-state index in [9.17, 15) is 0 Å². The second-order valence-electron chi connectivity index (χ2n) is 9.69. The fraction of sp³-hybridized carbons (Fsp3) is 0. The van der Waals surface area contributed by atoms with Crippen molar-refractivity contribution in [2.75, 3.05) is 0 Å². The van der Waals surface area contributed by atoms with Crippen molar-refractivity contribution in [1.82, 2.24) is 25.0 Å². The average Bonchev–Trinajstić information content (AvgIpc) is 3.45. The van der Waals surface area contributed by atoms with Gasteiger partial charge in [0, 0.05) is 21.9 Å². The van der Waals surface area contributed by atoms with Crippen molar-refractivity contribution in [3.63, 3.8) is 0 Å². The van der Waals surface area contributed by atoms with Crippen LogP contribution in [0.1, 0.15) is 0 Å². The van der Waals surface area contributed by atoms with Gasteiger partial charge in [-0.3, -0.25) is 0 Å². The van der Waals surface area contributed by atoms with E-state index in [-0.39, 0.29) is 0 Å². The molecule has 0 saturated carbocycles. The minimum atomic E-state index is 0.867. The van der Waals surface area contributed by atoms with E-state index < -0.39 is 0 Å². The van der Waals surface area contributed by atoms with Crippen LogP contribution in [0, 0.1) is 0 Å². The number of benzene rings is 5. The zero-order chi connectivity index (χ0) is 25.8. The molecule has 0 bridgehead atoms. The molecule has 39 heavy (non-hydrogen) atoms. The number of pyridine rings is 2. The number of hydrogen-bond donors (Lipinski definition) is 0. The van der Waals surface area contributed by atoms with Gasteiger partial charge in [-0.05, 0) is 53.2 Å². The first-order chi connectivity index (χ1) is 19.3. The lowest BCUT2D eigenvalue weighted by Gasteiger charge is -2.09. The van der Waals surface area contributed by atoms with Gasteiger partial charge in [0.1, 0.15) is 11.0 Å². The fourth-order valence-corrected chi connectivity index (χ4v) is 5.20. The molecule has 0 aliphatic heterocycles. The summed E-state index contributed by atoms with van der Waals surface area (Å²) in [5.41, 5.74) is 8.32. The molecule has 8 rings (SSSR count). The quantitative estimate of drug-likeness (QED) is 0.231. The molecule has 0 radical (unpaired) electrons. The maximum Gasteiger partial charge on any atom is 0.113 e. The summed E-state index contributed by atoms with van der Waals surface area (Å²) in [6, 6.07) is 43.6. The van der Waals surface area contributed by atoms with E-state index in [0.717, 1.165) is 61.0 Å². The van der Waals surface area contributed by atoms with Gasteiger partial charge in [-0.15, -0.1) is 10.2 Å². The molecule has 182 valence electrons. The Bertz CT molecular complexity index is 2160. The van der Waals surface area contributed by atoms with Gasteiger partial charge >= 0.3 is 0 Å². The highest BCUT2D eigenvalue weighted by atomic mass is 15.5. The highest BCUT2D eigenvalue weighted by Crippen LogP contribution is 2.30. The van der Waals surface area contributed by atoms with Crippen LogP contribution in [0.3, 0.4) is 0 Å². The van der Waals surface area contributed by atoms with Crippen LogP contribution in [-0.4, -0.2) is 25.0 Å². The van der Waals surface area contributed by atoms with Gasteiger partial charge in [-0.1, -0.05) is 84.9 Å². The van der Waals surface area contributed by atoms with E-state index >= 15 is 0 Å². The van der Waals surface area contributed by atoms with Crippen LogP contribution in [0.15, 0.2) is 127 Å². The first kappa shape index (κ1) is 21.6. The summed E-state index contributed by atoms with van der Waals surface area (Å²) < 4.78 is 0. The molecule has 5 nitrogen and oxygen atoms in total. The summed E-state index contributed by atoms with van der Waals surface area (Å²) in [6.07, 6.45) is 0. The molecule has 0 unspecified atom stereocenters. The molecule has 3 aromatic heterocycles. The molecule has 3 heterocycles. The van der Waals surface area contributed by atoms with Gasteiger partial charge in [-0.2, -0.15) is 4.80 Å². The van der Waals surface area contributed by atoms with Gasteiger partial charge in [0.15, 0.2) is 0 Å². The minimum absolute atomic E-state index is 0.867. The predicted molar refractivity (Wildman–Crippen MR) is 158 cm³/mol. The first-order valence-corrected chi connectivity index (χ1v) is 12.9. The van der Waals surface area contributed by atoms with Crippen LogP contribution in [0.5, 0.6) is 0 Å². The van der Waals surface area contributed by atoms with Crippen LogP contribution < -0.4 is 0 Å². The average molecular weight is 500 g/mol. The van der Waals surface area contributed by atoms with Crippen molar-refractivity contribution in [2.45, 2.75) is 0 Å². The Kier molecular flexibility index (Phi) is 4.76. The lowest BCUT2D eigenvalue weighted by molar-refractivity contribution is 0.766. The van der Waals surface area contributed by atoms with Crippen molar-refractivity contribution >= 4 is 43.6 Å². The summed E-state index contributed by atoms with van der Waals surface area (Å²) in [6.45, 7) is 0. The Morgan fingerprint density at radius 2 is 0.974 bits per heavy atom. The molecule has 5 aromatic carbocycles. The molecule has 8 aromatic rings. The summed E-state index contributed by atoms with van der Waals surface area (Å²) in [5.74, 6) is 0. The molecule has 0 saturated heterocycles. The third-order valence-corrected chi connectivity index (χ3v) is 7.22. The van der Waals surface area contributed by atoms with Crippen molar-refractivity contribution in [1.29, 1.82) is 0 Å². The van der Waals surface area contributed by atoms with E-state index in [1.807, 2.05) is 36.4 Å². The summed E-state index contributed by atoms with van der Waals surface area (Å²) in [5, 5.41) is 13.8. The van der Waals surface area contributed by atoms with E-state index in [2.05, 4.69) is 101 Å². The van der Waals surface area contributed by atoms with Gasteiger partial charge in [-0.25, -0.2) is 9.97 Å². The number of hydrogen-bond acceptors (Lipinski definition) is 4. The zero-order valence-electron chi connectivity index (χ0n) is 20.9. The van der Waals surface area contributed by atoms with E-state index in [1.165, 1.54) is 10.8 Å². The number of rotatable bonds is 3. The van der Waals surface area contributed by atoms with Crippen LogP contribution in [0.25, 0.3) is 71.8 Å². The number of nitrogens with zero attached hydrogens (tertiary/aromatic N) is 5. The molecular weight excluding hydrogens is 478 g/mol. The molecule has 0 aliphatic rings. The van der Waals surface area contributed by atoms with Gasteiger partial charge < -0.3 is 0 Å². The highest BCUT2D eigenvalue weighted by molar-refractivity contribution is 6.04. The SMILES string of the molecule is c1cc(-c2ccc3ccc4ccc(-c5ccc6ccccc6c5)nc4c3n2)cc(-n2nc3ccccc3n2)c1. The molecule has 5 heteroatoms. The van der Waals surface area contributed by atoms with Crippen molar-refractivity contribution < 1.29 is 0 Å². The second kappa shape index (κ2) is 8.57. The Hall–Kier alpha value is -5.42. The van der Waals surface area contributed by atoms with E-state index in [4.69, 9.17) is 9.97 Å². The number of fused-ring (bicyclic) bond motifs is 5. The van der Waals surface area contributed by atoms with E-state index in [1.54, 1.807) is 4.80 Å².